The Kier molecular flexibility index (Phi) is 5.35. The molecule has 0 N–H and O–H groups in total. The Morgan fingerprint density at radius 3 is 2.27 bits per heavy atom. The smallest absolute Gasteiger partial charge is 0.351 e. The van der Waals surface area contributed by atoms with E-state index in [1.54, 1.807) is 30.0 Å². The number of esters is 1. The predicted molar refractivity (Wildman–Crippen MR) is 123 cm³/mol. The predicted octanol–water partition coefficient (Wildman–Crippen LogP) is 4.79. The van der Waals surface area contributed by atoms with E-state index in [0.29, 0.717) is 22.5 Å². The lowest BCUT2D eigenvalue weighted by Gasteiger charge is -2.30. The number of hydrogen-bond acceptors (Lipinski definition) is 7. The Balaban J connectivity index is 1.41. The van der Waals surface area contributed by atoms with Crippen LogP contribution in [0.5, 0.6) is 5.75 Å². The average Bonchev–Trinajstić information content (AvgIpc) is 2.84. The Hall–Kier alpha value is -4.04. The Morgan fingerprint density at radius 2 is 1.61 bits per heavy atom. The fourth-order valence-electron chi connectivity index (χ4n) is 3.66. The van der Waals surface area contributed by atoms with Crippen LogP contribution < -0.4 is 15.3 Å². The van der Waals surface area contributed by atoms with Crippen LogP contribution in [-0.2, 0) is 9.53 Å². The van der Waals surface area contributed by atoms with Crippen LogP contribution in [0.1, 0.15) is 10.4 Å². The first-order valence-corrected chi connectivity index (χ1v) is 10.9. The highest BCUT2D eigenvalue weighted by atomic mass is 32.2. The molecule has 0 aliphatic carbocycles. The first kappa shape index (κ1) is 20.8. The van der Waals surface area contributed by atoms with Gasteiger partial charge in [0.2, 0.25) is 0 Å². The van der Waals surface area contributed by atoms with Gasteiger partial charge >= 0.3 is 11.6 Å². The van der Waals surface area contributed by atoms with Crippen LogP contribution in [0.2, 0.25) is 0 Å². The number of ether oxygens (including phenoxy) is 2. The van der Waals surface area contributed by atoms with Gasteiger partial charge < -0.3 is 13.9 Å². The summed E-state index contributed by atoms with van der Waals surface area (Å²) in [5.41, 5.74) is 0.490. The fourth-order valence-corrected chi connectivity index (χ4v) is 4.72. The molecule has 1 aromatic heterocycles. The highest BCUT2D eigenvalue weighted by Gasteiger charge is 2.29. The first-order chi connectivity index (χ1) is 16.1. The maximum atomic E-state index is 13.2. The third-order valence-electron chi connectivity index (χ3n) is 5.17. The van der Waals surface area contributed by atoms with E-state index in [1.807, 2.05) is 48.5 Å². The number of anilines is 2. The zero-order valence-corrected chi connectivity index (χ0v) is 18.3. The zero-order chi connectivity index (χ0) is 22.9. The molecule has 0 unspecified atom stereocenters. The quantitative estimate of drug-likeness (QED) is 0.320. The standard InChI is InChI=1S/C25H17NO6S/c1-30-19-10-6-7-15-13-16(25(29)32-23(15)19)24(28)31-14-22(27)26-17-8-2-4-11-20(17)33-21-12-5-3-9-18(21)26/h2-13H,14H2,1H3. The molecule has 7 nitrogen and oxygen atoms in total. The molecule has 1 aliphatic rings. The van der Waals surface area contributed by atoms with Crippen molar-refractivity contribution < 1.29 is 23.5 Å². The Bertz CT molecular complexity index is 1420. The minimum Gasteiger partial charge on any atom is -0.493 e. The Morgan fingerprint density at radius 1 is 0.939 bits per heavy atom. The van der Waals surface area contributed by atoms with Crippen molar-refractivity contribution in [2.75, 3.05) is 18.6 Å². The number of carbonyl (C=O) groups is 2. The molecule has 0 spiro atoms. The molecule has 0 saturated carbocycles. The summed E-state index contributed by atoms with van der Waals surface area (Å²) in [5.74, 6) is -0.995. The molecule has 0 saturated heterocycles. The SMILES string of the molecule is COc1cccc2cc(C(=O)OCC(=O)N3c4ccccc4Sc4ccccc43)c(=O)oc12. The van der Waals surface area contributed by atoms with Crippen LogP contribution >= 0.6 is 11.8 Å². The highest BCUT2D eigenvalue weighted by Crippen LogP contribution is 2.47. The third kappa shape index (κ3) is 3.74. The number of rotatable bonds is 4. The summed E-state index contributed by atoms with van der Waals surface area (Å²) in [6.45, 7) is -0.540. The molecule has 5 rings (SSSR count). The van der Waals surface area contributed by atoms with Crippen molar-refractivity contribution in [2.24, 2.45) is 0 Å². The normalized spacial score (nSPS) is 12.1. The van der Waals surface area contributed by atoms with Gasteiger partial charge in [0, 0.05) is 15.2 Å². The number of nitrogens with zero attached hydrogens (tertiary/aromatic N) is 1. The second-order valence-corrected chi connectivity index (χ2v) is 8.25. The lowest BCUT2D eigenvalue weighted by atomic mass is 10.2. The molecule has 0 atom stereocenters. The minimum absolute atomic E-state index is 0.233. The number of amides is 1. The van der Waals surface area contributed by atoms with Crippen LogP contribution in [0.25, 0.3) is 11.0 Å². The summed E-state index contributed by atoms with van der Waals surface area (Å²) in [6, 6.07) is 21.4. The molecule has 8 heteroatoms. The number of fused-ring (bicyclic) bond motifs is 3. The van der Waals surface area contributed by atoms with Gasteiger partial charge in [-0.15, -0.1) is 0 Å². The van der Waals surface area contributed by atoms with Gasteiger partial charge in [-0.05, 0) is 36.4 Å². The summed E-state index contributed by atoms with van der Waals surface area (Å²) in [7, 11) is 1.46. The van der Waals surface area contributed by atoms with Gasteiger partial charge in [0.15, 0.2) is 17.9 Å². The van der Waals surface area contributed by atoms with E-state index in [4.69, 9.17) is 13.9 Å². The zero-order valence-electron chi connectivity index (χ0n) is 17.4. The van der Waals surface area contributed by atoms with Gasteiger partial charge in [0.25, 0.3) is 5.91 Å². The first-order valence-electron chi connectivity index (χ1n) is 10.0. The van der Waals surface area contributed by atoms with E-state index in [9.17, 15) is 14.4 Å². The van der Waals surface area contributed by atoms with Crippen molar-refractivity contribution in [3.05, 3.63) is 88.8 Å². The van der Waals surface area contributed by atoms with E-state index in [2.05, 4.69) is 0 Å². The molecule has 164 valence electrons. The third-order valence-corrected chi connectivity index (χ3v) is 6.30. The molecule has 33 heavy (non-hydrogen) atoms. The Labute approximate surface area is 192 Å². The molecule has 4 aromatic rings. The summed E-state index contributed by atoms with van der Waals surface area (Å²) in [5, 5.41) is 0.503. The van der Waals surface area contributed by atoms with E-state index >= 15 is 0 Å². The van der Waals surface area contributed by atoms with E-state index < -0.39 is 24.1 Å². The number of benzene rings is 3. The lowest BCUT2D eigenvalue weighted by Crippen LogP contribution is -2.33. The molecule has 0 fully saturated rings. The summed E-state index contributed by atoms with van der Waals surface area (Å²) >= 11 is 1.57. The van der Waals surface area contributed by atoms with Crippen LogP contribution in [0.3, 0.4) is 0 Å². The topological polar surface area (TPSA) is 86.0 Å². The van der Waals surface area contributed by atoms with Crippen molar-refractivity contribution in [1.29, 1.82) is 0 Å². The number of methoxy groups -OCH3 is 1. The van der Waals surface area contributed by atoms with Gasteiger partial charge in [-0.25, -0.2) is 9.59 Å². The van der Waals surface area contributed by atoms with Crippen molar-refractivity contribution in [3.63, 3.8) is 0 Å². The van der Waals surface area contributed by atoms with Crippen LogP contribution in [0, 0.1) is 0 Å². The molecule has 1 aliphatic heterocycles. The van der Waals surface area contributed by atoms with Gasteiger partial charge in [-0.1, -0.05) is 48.2 Å². The maximum Gasteiger partial charge on any atom is 0.351 e. The van der Waals surface area contributed by atoms with Crippen LogP contribution in [0.4, 0.5) is 11.4 Å². The van der Waals surface area contributed by atoms with E-state index in [0.717, 1.165) is 9.79 Å². The molecule has 0 bridgehead atoms. The average molecular weight is 459 g/mol. The van der Waals surface area contributed by atoms with Gasteiger partial charge in [0.05, 0.1) is 18.5 Å². The second kappa shape index (κ2) is 8.48. The maximum absolute atomic E-state index is 13.2. The molecular formula is C25H17NO6S. The fraction of sp³-hybridized carbons (Fsp3) is 0.0800. The van der Waals surface area contributed by atoms with Crippen LogP contribution in [-0.4, -0.2) is 25.6 Å². The van der Waals surface area contributed by atoms with Crippen molar-refractivity contribution in [2.45, 2.75) is 9.79 Å². The van der Waals surface area contributed by atoms with E-state index in [1.165, 1.54) is 18.1 Å². The van der Waals surface area contributed by atoms with Crippen LogP contribution in [0.15, 0.2) is 91.8 Å². The monoisotopic (exact) mass is 459 g/mol. The molecule has 2 heterocycles. The van der Waals surface area contributed by atoms with Gasteiger partial charge in [-0.2, -0.15) is 0 Å². The molecular weight excluding hydrogens is 442 g/mol. The summed E-state index contributed by atoms with van der Waals surface area (Å²) in [4.78, 5) is 41.6. The second-order valence-electron chi connectivity index (χ2n) is 7.17. The summed E-state index contributed by atoms with van der Waals surface area (Å²) < 4.78 is 15.7. The van der Waals surface area contributed by atoms with Crippen molar-refractivity contribution >= 4 is 46.0 Å². The van der Waals surface area contributed by atoms with Gasteiger partial charge in [-0.3, -0.25) is 9.69 Å². The van der Waals surface area contributed by atoms with E-state index in [-0.39, 0.29) is 11.1 Å². The lowest BCUT2D eigenvalue weighted by molar-refractivity contribution is -0.121. The molecule has 1 amide bonds. The van der Waals surface area contributed by atoms with Crippen molar-refractivity contribution in [1.82, 2.24) is 0 Å². The highest BCUT2D eigenvalue weighted by molar-refractivity contribution is 7.99. The number of hydrogen-bond donors (Lipinski definition) is 0. The largest absolute Gasteiger partial charge is 0.493 e. The van der Waals surface area contributed by atoms with Crippen molar-refractivity contribution in [3.8, 4) is 5.75 Å². The van der Waals surface area contributed by atoms with Gasteiger partial charge in [0.1, 0.15) is 5.56 Å². The number of para-hydroxylation sites is 3. The summed E-state index contributed by atoms with van der Waals surface area (Å²) in [6.07, 6.45) is 0. The number of carbonyl (C=O) groups excluding carboxylic acids is 2. The minimum atomic E-state index is -0.935. The molecule has 3 aromatic carbocycles. The molecule has 0 radical (unpaired) electrons.